The summed E-state index contributed by atoms with van der Waals surface area (Å²) in [5, 5.41) is 0. The van der Waals surface area contributed by atoms with E-state index in [-0.39, 0.29) is 12.8 Å². The molecule has 0 spiro atoms. The van der Waals surface area contributed by atoms with E-state index in [0.717, 1.165) is 47.1 Å². The highest BCUT2D eigenvalue weighted by atomic mass is 16.5. The molecule has 0 bridgehead atoms. The van der Waals surface area contributed by atoms with Crippen molar-refractivity contribution < 1.29 is 19.1 Å². The van der Waals surface area contributed by atoms with Gasteiger partial charge in [0, 0.05) is 17.6 Å². The lowest BCUT2D eigenvalue weighted by Crippen LogP contribution is -2.44. The zero-order chi connectivity index (χ0) is 18.7. The van der Waals surface area contributed by atoms with Gasteiger partial charge in [0.1, 0.15) is 0 Å². The first-order valence-corrected chi connectivity index (χ1v) is 8.69. The van der Waals surface area contributed by atoms with Gasteiger partial charge in [-0.3, -0.25) is 9.59 Å². The molecule has 1 aromatic carbocycles. The molecule has 0 aliphatic heterocycles. The zero-order valence-electron chi connectivity index (χ0n) is 15.2. The summed E-state index contributed by atoms with van der Waals surface area (Å²) in [7, 11) is 2.61. The van der Waals surface area contributed by atoms with Crippen molar-refractivity contribution >= 4 is 11.9 Å². The third-order valence-electron chi connectivity index (χ3n) is 5.22. The summed E-state index contributed by atoms with van der Waals surface area (Å²) in [5.41, 5.74) is 3.08. The summed E-state index contributed by atoms with van der Waals surface area (Å²) in [6.07, 6.45) is 3.13. The number of hydrogen-bond donors (Lipinski definition) is 0. The second-order valence-electron chi connectivity index (χ2n) is 6.74. The molecule has 0 saturated carbocycles. The first kappa shape index (κ1) is 18.0. The highest BCUT2D eigenvalue weighted by molar-refractivity contribution is 6.00. The topological polar surface area (TPSA) is 52.6 Å². The second-order valence-corrected chi connectivity index (χ2v) is 6.74. The first-order chi connectivity index (χ1) is 12.5. The molecule has 4 nitrogen and oxygen atoms in total. The number of rotatable bonds is 2. The van der Waals surface area contributed by atoms with Crippen LogP contribution in [0.5, 0.6) is 0 Å². The van der Waals surface area contributed by atoms with E-state index in [1.54, 1.807) is 0 Å². The normalized spacial score (nSPS) is 18.2. The molecule has 2 aliphatic rings. The molecule has 1 aromatic rings. The van der Waals surface area contributed by atoms with Crippen LogP contribution in [0.25, 0.3) is 0 Å². The molecular weight excluding hydrogens is 328 g/mol. The standard InChI is InChI=1S/C22H22O4/c1-15-11-12-16-7-4-5-8-17(16)13-22(20(23)25-2,21(24)26-3)14-18-9-6-10-19(15)18/h4-5,7-8H,1,6,9-10,13-14H2,2-3H3. The van der Waals surface area contributed by atoms with Crippen molar-refractivity contribution in [2.45, 2.75) is 32.1 Å². The van der Waals surface area contributed by atoms with Crippen LogP contribution in [0.1, 0.15) is 36.8 Å². The number of carbonyl (C=O) groups excluding carboxylic acids is 2. The summed E-state index contributed by atoms with van der Waals surface area (Å²) in [6.45, 7) is 4.12. The van der Waals surface area contributed by atoms with Gasteiger partial charge in [-0.25, -0.2) is 0 Å². The molecule has 26 heavy (non-hydrogen) atoms. The molecule has 0 heterocycles. The van der Waals surface area contributed by atoms with Gasteiger partial charge >= 0.3 is 11.9 Å². The minimum Gasteiger partial charge on any atom is -0.468 e. The molecule has 134 valence electrons. The van der Waals surface area contributed by atoms with Gasteiger partial charge in [0.05, 0.1) is 14.2 Å². The fraction of sp³-hybridized carbons (Fsp3) is 0.364. The predicted molar refractivity (Wildman–Crippen MR) is 98.1 cm³/mol. The van der Waals surface area contributed by atoms with E-state index in [9.17, 15) is 9.59 Å². The highest BCUT2D eigenvalue weighted by Crippen LogP contribution is 2.42. The van der Waals surface area contributed by atoms with E-state index in [1.807, 2.05) is 24.3 Å². The fourth-order valence-corrected chi connectivity index (χ4v) is 3.89. The molecule has 0 saturated heterocycles. The Morgan fingerprint density at radius 3 is 2.42 bits per heavy atom. The van der Waals surface area contributed by atoms with Gasteiger partial charge in [-0.2, -0.15) is 0 Å². The van der Waals surface area contributed by atoms with Crippen molar-refractivity contribution in [1.82, 2.24) is 0 Å². The molecule has 0 unspecified atom stereocenters. The third kappa shape index (κ3) is 3.06. The quantitative estimate of drug-likeness (QED) is 0.466. The van der Waals surface area contributed by atoms with Crippen LogP contribution >= 0.6 is 0 Å². The predicted octanol–water partition coefficient (Wildman–Crippen LogP) is 3.35. The molecule has 0 aromatic heterocycles. The number of hydrogen-bond acceptors (Lipinski definition) is 4. The Morgan fingerprint density at radius 1 is 1.04 bits per heavy atom. The highest BCUT2D eigenvalue weighted by Gasteiger charge is 2.50. The van der Waals surface area contributed by atoms with Crippen LogP contribution < -0.4 is 0 Å². The Kier molecular flexibility index (Phi) is 4.99. The Balaban J connectivity index is 2.25. The van der Waals surface area contributed by atoms with Crippen molar-refractivity contribution in [3.05, 3.63) is 58.7 Å². The first-order valence-electron chi connectivity index (χ1n) is 8.69. The SMILES string of the molecule is C=C1C#Cc2ccccc2CC(C(=O)OC)(C(=O)OC)CC2=C1CCC2. The van der Waals surface area contributed by atoms with E-state index in [4.69, 9.17) is 9.47 Å². The minimum absolute atomic E-state index is 0.195. The van der Waals surface area contributed by atoms with Crippen molar-refractivity contribution in [3.63, 3.8) is 0 Å². The molecule has 4 heteroatoms. The minimum atomic E-state index is -1.41. The van der Waals surface area contributed by atoms with Gasteiger partial charge in [0.2, 0.25) is 0 Å². The number of benzene rings is 1. The number of esters is 2. The Labute approximate surface area is 153 Å². The third-order valence-corrected chi connectivity index (χ3v) is 5.22. The van der Waals surface area contributed by atoms with Gasteiger partial charge in [-0.15, -0.1) is 0 Å². The summed E-state index contributed by atoms with van der Waals surface area (Å²) in [4.78, 5) is 25.7. The maximum absolute atomic E-state index is 12.8. The Morgan fingerprint density at radius 2 is 1.73 bits per heavy atom. The number of ether oxygens (including phenoxy) is 2. The van der Waals surface area contributed by atoms with Crippen LogP contribution in [0.4, 0.5) is 0 Å². The van der Waals surface area contributed by atoms with Crippen molar-refractivity contribution in [2.75, 3.05) is 14.2 Å². The van der Waals surface area contributed by atoms with Gasteiger partial charge < -0.3 is 9.47 Å². The second kappa shape index (κ2) is 7.21. The molecular formula is C22H22O4. The van der Waals surface area contributed by atoms with Crippen LogP contribution in [0, 0.1) is 17.3 Å². The van der Waals surface area contributed by atoms with Gasteiger partial charge in [-0.1, -0.05) is 42.2 Å². The largest absolute Gasteiger partial charge is 0.468 e. The molecule has 0 atom stereocenters. The smallest absolute Gasteiger partial charge is 0.323 e. The monoisotopic (exact) mass is 350 g/mol. The van der Waals surface area contributed by atoms with Crippen LogP contribution in [0.2, 0.25) is 0 Å². The maximum atomic E-state index is 12.8. The molecule has 2 aliphatic carbocycles. The van der Waals surface area contributed by atoms with Crippen LogP contribution in [-0.2, 0) is 25.5 Å². The van der Waals surface area contributed by atoms with E-state index in [0.29, 0.717) is 0 Å². The summed E-state index contributed by atoms with van der Waals surface area (Å²) in [5.74, 6) is 5.17. The lowest BCUT2D eigenvalue weighted by Gasteiger charge is -2.30. The summed E-state index contributed by atoms with van der Waals surface area (Å²) < 4.78 is 10.1. The van der Waals surface area contributed by atoms with E-state index in [1.165, 1.54) is 14.2 Å². The summed E-state index contributed by atoms with van der Waals surface area (Å²) in [6, 6.07) is 7.54. The number of fused-ring (bicyclic) bond motifs is 1. The molecule has 0 fully saturated rings. The average molecular weight is 350 g/mol. The van der Waals surface area contributed by atoms with E-state index >= 15 is 0 Å². The number of carbonyl (C=O) groups is 2. The van der Waals surface area contributed by atoms with Crippen molar-refractivity contribution in [3.8, 4) is 11.8 Å². The van der Waals surface area contributed by atoms with Gasteiger partial charge in [0.15, 0.2) is 5.41 Å². The molecule has 0 N–H and O–H groups in total. The average Bonchev–Trinajstić information content (AvgIpc) is 3.12. The number of methoxy groups -OCH3 is 2. The van der Waals surface area contributed by atoms with Gasteiger partial charge in [-0.05, 0) is 42.9 Å². The van der Waals surface area contributed by atoms with E-state index < -0.39 is 17.4 Å². The number of allylic oxidation sites excluding steroid dienone is 3. The lowest BCUT2D eigenvalue weighted by atomic mass is 9.74. The Bertz CT molecular complexity index is 848. The van der Waals surface area contributed by atoms with Crippen LogP contribution in [0.3, 0.4) is 0 Å². The molecule has 0 radical (unpaired) electrons. The molecule has 0 amide bonds. The Hall–Kier alpha value is -2.80. The van der Waals surface area contributed by atoms with Crippen LogP contribution in [0.15, 0.2) is 47.6 Å². The van der Waals surface area contributed by atoms with Crippen molar-refractivity contribution in [2.24, 2.45) is 5.41 Å². The molecule has 3 rings (SSSR count). The lowest BCUT2D eigenvalue weighted by molar-refractivity contribution is -0.169. The van der Waals surface area contributed by atoms with Crippen molar-refractivity contribution in [1.29, 1.82) is 0 Å². The fourth-order valence-electron chi connectivity index (χ4n) is 3.89. The van der Waals surface area contributed by atoms with Gasteiger partial charge in [0.25, 0.3) is 0 Å². The maximum Gasteiger partial charge on any atom is 0.323 e. The van der Waals surface area contributed by atoms with E-state index in [2.05, 4.69) is 18.4 Å². The zero-order valence-corrected chi connectivity index (χ0v) is 15.2. The van der Waals surface area contributed by atoms with Crippen LogP contribution in [-0.4, -0.2) is 26.2 Å². The summed E-state index contributed by atoms with van der Waals surface area (Å²) >= 11 is 0.